The van der Waals surface area contributed by atoms with Gasteiger partial charge in [-0.05, 0) is 0 Å². The monoisotopic (exact) mass is 242 g/mol. The molecule has 0 amide bonds. The highest BCUT2D eigenvalue weighted by atomic mass is 16.6. The topological polar surface area (TPSA) is 136 Å². The number of hydrogen-bond acceptors (Lipinski definition) is 7. The van der Waals surface area contributed by atoms with Crippen LogP contribution in [0.3, 0.4) is 0 Å². The van der Waals surface area contributed by atoms with E-state index in [0.29, 0.717) is 6.07 Å². The highest BCUT2D eigenvalue weighted by Gasteiger charge is 2.30. The molecule has 9 nitrogen and oxygen atoms in total. The Kier molecular flexibility index (Phi) is 3.60. The Labute approximate surface area is 94.7 Å². The third-order valence-electron chi connectivity index (χ3n) is 1.97. The van der Waals surface area contributed by atoms with E-state index in [-0.39, 0.29) is 0 Å². The number of nitrogens with zero attached hydrogens (tertiary/aromatic N) is 2. The van der Waals surface area contributed by atoms with Gasteiger partial charge in [-0.25, -0.2) is 0 Å². The van der Waals surface area contributed by atoms with Gasteiger partial charge >= 0.3 is 12.8 Å². The van der Waals surface area contributed by atoms with Crippen molar-refractivity contribution in [3.63, 3.8) is 0 Å². The molecule has 1 aromatic rings. The zero-order valence-electron chi connectivity index (χ0n) is 8.56. The average molecular weight is 242 g/mol. The van der Waals surface area contributed by atoms with E-state index in [1.54, 1.807) is 0 Å². The molecular formula is C7H7BN2O7. The third-order valence-corrected chi connectivity index (χ3v) is 1.97. The summed E-state index contributed by atoms with van der Waals surface area (Å²) in [6.45, 7) is 0. The third kappa shape index (κ3) is 2.49. The lowest BCUT2D eigenvalue weighted by Gasteiger charge is -2.07. The standard InChI is InChI=1S/C7H7BN2O7/c1-17-7-5(8(11)12)2-4(9(13)14)3-6(7)10(15)16/h2-3,11-12H,1H3. The van der Waals surface area contributed by atoms with Crippen LogP contribution in [0.15, 0.2) is 12.1 Å². The Bertz CT molecular complexity index is 476. The van der Waals surface area contributed by atoms with E-state index in [4.69, 9.17) is 10.0 Å². The van der Waals surface area contributed by atoms with E-state index in [1.807, 2.05) is 0 Å². The van der Waals surface area contributed by atoms with Gasteiger partial charge in [0.2, 0.25) is 0 Å². The molecule has 0 spiro atoms. The molecule has 0 radical (unpaired) electrons. The molecule has 90 valence electrons. The first-order valence-corrected chi connectivity index (χ1v) is 4.25. The van der Waals surface area contributed by atoms with E-state index < -0.39 is 39.6 Å². The number of nitro benzene ring substituents is 2. The van der Waals surface area contributed by atoms with Gasteiger partial charge in [0.25, 0.3) is 5.69 Å². The van der Waals surface area contributed by atoms with Crippen molar-refractivity contribution in [1.82, 2.24) is 0 Å². The number of methoxy groups -OCH3 is 1. The summed E-state index contributed by atoms with van der Waals surface area (Å²) in [5.41, 5.74) is -1.76. The van der Waals surface area contributed by atoms with Crippen LogP contribution in [0, 0.1) is 20.2 Å². The molecule has 0 bridgehead atoms. The summed E-state index contributed by atoms with van der Waals surface area (Å²) in [4.78, 5) is 19.4. The normalized spacial score (nSPS) is 9.82. The number of non-ortho nitro benzene ring substituents is 1. The maximum atomic E-state index is 10.7. The summed E-state index contributed by atoms with van der Waals surface area (Å²) in [5, 5.41) is 39.2. The fraction of sp³-hybridized carbons (Fsp3) is 0.143. The van der Waals surface area contributed by atoms with Gasteiger partial charge < -0.3 is 14.8 Å². The molecule has 10 heteroatoms. The lowest BCUT2D eigenvalue weighted by Crippen LogP contribution is -2.32. The Balaban J connectivity index is 3.57. The van der Waals surface area contributed by atoms with Gasteiger partial charge in [-0.3, -0.25) is 20.2 Å². The van der Waals surface area contributed by atoms with Crippen LogP contribution in [0.2, 0.25) is 0 Å². The molecule has 0 heterocycles. The van der Waals surface area contributed by atoms with E-state index in [1.165, 1.54) is 0 Å². The van der Waals surface area contributed by atoms with Gasteiger partial charge in [0, 0.05) is 11.5 Å². The fourth-order valence-corrected chi connectivity index (χ4v) is 1.28. The Morgan fingerprint density at radius 3 is 2.18 bits per heavy atom. The summed E-state index contributed by atoms with van der Waals surface area (Å²) in [5.74, 6) is -0.421. The van der Waals surface area contributed by atoms with Crippen LogP contribution in [-0.2, 0) is 0 Å². The van der Waals surface area contributed by atoms with Crippen molar-refractivity contribution in [2.24, 2.45) is 0 Å². The molecule has 0 aliphatic heterocycles. The number of hydrogen-bond donors (Lipinski definition) is 2. The van der Waals surface area contributed by atoms with E-state index in [2.05, 4.69) is 4.74 Å². The average Bonchev–Trinajstić information content (AvgIpc) is 2.26. The zero-order valence-corrected chi connectivity index (χ0v) is 8.56. The predicted molar refractivity (Wildman–Crippen MR) is 56.1 cm³/mol. The first-order chi connectivity index (χ1) is 7.88. The number of nitro groups is 2. The van der Waals surface area contributed by atoms with Gasteiger partial charge in [0.1, 0.15) is 0 Å². The van der Waals surface area contributed by atoms with Crippen molar-refractivity contribution in [2.45, 2.75) is 0 Å². The largest absolute Gasteiger partial charge is 0.492 e. The van der Waals surface area contributed by atoms with Gasteiger partial charge in [0.05, 0.1) is 23.0 Å². The second kappa shape index (κ2) is 4.76. The maximum Gasteiger partial charge on any atom is 0.492 e. The number of benzene rings is 1. The first kappa shape index (κ1) is 12.9. The van der Waals surface area contributed by atoms with Crippen LogP contribution >= 0.6 is 0 Å². The summed E-state index contributed by atoms with van der Waals surface area (Å²) in [6.07, 6.45) is 0. The highest BCUT2D eigenvalue weighted by molar-refractivity contribution is 6.60. The SMILES string of the molecule is COc1c(B(O)O)cc([N+](=O)[O-])cc1[N+](=O)[O-]. The molecule has 0 saturated heterocycles. The van der Waals surface area contributed by atoms with Crippen molar-refractivity contribution in [3.8, 4) is 5.75 Å². The minimum Gasteiger partial charge on any atom is -0.490 e. The van der Waals surface area contributed by atoms with Gasteiger partial charge in [-0.2, -0.15) is 0 Å². The van der Waals surface area contributed by atoms with Crippen LogP contribution in [-0.4, -0.2) is 34.1 Å². The lowest BCUT2D eigenvalue weighted by molar-refractivity contribution is -0.394. The smallest absolute Gasteiger partial charge is 0.490 e. The van der Waals surface area contributed by atoms with E-state index >= 15 is 0 Å². The lowest BCUT2D eigenvalue weighted by atomic mass is 9.79. The van der Waals surface area contributed by atoms with Crippen LogP contribution in [0.5, 0.6) is 5.75 Å². The Hall–Kier alpha value is -2.20. The van der Waals surface area contributed by atoms with Gasteiger partial charge in [-0.1, -0.05) is 0 Å². The molecule has 0 fully saturated rings. The molecule has 0 aliphatic rings. The summed E-state index contributed by atoms with van der Waals surface area (Å²) >= 11 is 0. The van der Waals surface area contributed by atoms with Crippen molar-refractivity contribution >= 4 is 24.0 Å². The first-order valence-electron chi connectivity index (χ1n) is 4.25. The van der Waals surface area contributed by atoms with Crippen molar-refractivity contribution < 1.29 is 24.6 Å². The second-order valence-corrected chi connectivity index (χ2v) is 2.98. The van der Waals surface area contributed by atoms with Crippen LogP contribution in [0.1, 0.15) is 0 Å². The molecule has 0 aliphatic carbocycles. The van der Waals surface area contributed by atoms with E-state index in [0.717, 1.165) is 13.2 Å². The number of rotatable bonds is 4. The van der Waals surface area contributed by atoms with Gasteiger partial charge in [-0.15, -0.1) is 0 Å². The quantitative estimate of drug-likeness (QED) is 0.400. The highest BCUT2D eigenvalue weighted by Crippen LogP contribution is 2.29. The molecule has 17 heavy (non-hydrogen) atoms. The van der Waals surface area contributed by atoms with Crippen molar-refractivity contribution in [3.05, 3.63) is 32.4 Å². The summed E-state index contributed by atoms with van der Waals surface area (Å²) < 4.78 is 4.65. The maximum absolute atomic E-state index is 10.7. The molecule has 2 N–H and O–H groups in total. The Morgan fingerprint density at radius 2 is 1.82 bits per heavy atom. The minimum atomic E-state index is -2.11. The van der Waals surface area contributed by atoms with Gasteiger partial charge in [0.15, 0.2) is 5.75 Å². The number of ether oxygens (including phenoxy) is 1. The molecule has 1 rings (SSSR count). The minimum absolute atomic E-state index is 0.421. The molecule has 0 unspecified atom stereocenters. The van der Waals surface area contributed by atoms with Crippen molar-refractivity contribution in [1.29, 1.82) is 0 Å². The molecule has 0 atom stereocenters. The van der Waals surface area contributed by atoms with Crippen LogP contribution in [0.25, 0.3) is 0 Å². The molecule has 0 aromatic heterocycles. The van der Waals surface area contributed by atoms with Crippen molar-refractivity contribution in [2.75, 3.05) is 7.11 Å². The van der Waals surface area contributed by atoms with E-state index in [9.17, 15) is 20.2 Å². The molecular weight excluding hydrogens is 235 g/mol. The predicted octanol–water partition coefficient (Wildman–Crippen LogP) is -0.809. The Morgan fingerprint density at radius 1 is 1.24 bits per heavy atom. The summed E-state index contributed by atoms with van der Waals surface area (Å²) in [6, 6.07) is 1.49. The van der Waals surface area contributed by atoms with Crippen LogP contribution < -0.4 is 10.2 Å². The molecule has 0 saturated carbocycles. The fourth-order valence-electron chi connectivity index (χ4n) is 1.28. The van der Waals surface area contributed by atoms with Crippen LogP contribution in [0.4, 0.5) is 11.4 Å². The zero-order chi connectivity index (χ0) is 13.2. The second-order valence-electron chi connectivity index (χ2n) is 2.98. The summed E-state index contributed by atoms with van der Waals surface area (Å²) in [7, 11) is -1.02. The molecule has 1 aromatic carbocycles.